The zero-order chi connectivity index (χ0) is 23.1. The number of amides is 4. The molecule has 2 aromatic rings. The van der Waals surface area contributed by atoms with Crippen LogP contribution in [0.5, 0.6) is 0 Å². The van der Waals surface area contributed by atoms with Crippen molar-refractivity contribution in [2.45, 2.75) is 50.9 Å². The van der Waals surface area contributed by atoms with Gasteiger partial charge in [-0.15, -0.1) is 5.10 Å². The zero-order valence-electron chi connectivity index (χ0n) is 18.1. The van der Waals surface area contributed by atoms with Gasteiger partial charge in [0.2, 0.25) is 11.8 Å². The molecule has 11 nitrogen and oxygen atoms in total. The van der Waals surface area contributed by atoms with E-state index in [4.69, 9.17) is 5.73 Å². The number of aromatic nitrogens is 3. The largest absolute Gasteiger partial charge is 0.325 e. The molecular weight excluding hydrogens is 426 g/mol. The van der Waals surface area contributed by atoms with E-state index in [1.54, 1.807) is 12.1 Å². The molecule has 2 fully saturated rings. The van der Waals surface area contributed by atoms with Gasteiger partial charge in [-0.1, -0.05) is 11.3 Å². The van der Waals surface area contributed by atoms with Gasteiger partial charge in [-0.2, -0.15) is 0 Å². The molecule has 0 saturated carbocycles. The third kappa shape index (κ3) is 3.93. The van der Waals surface area contributed by atoms with E-state index in [2.05, 4.69) is 20.5 Å². The van der Waals surface area contributed by atoms with Gasteiger partial charge >= 0.3 is 0 Å². The molecule has 3 N–H and O–H groups in total. The van der Waals surface area contributed by atoms with Gasteiger partial charge in [-0.3, -0.25) is 34.3 Å². The molecule has 0 spiro atoms. The van der Waals surface area contributed by atoms with Gasteiger partial charge in [0.1, 0.15) is 6.04 Å². The van der Waals surface area contributed by atoms with Gasteiger partial charge in [0.05, 0.1) is 29.1 Å². The highest BCUT2D eigenvalue weighted by Gasteiger charge is 2.44. The van der Waals surface area contributed by atoms with Gasteiger partial charge in [-0.05, 0) is 43.5 Å². The average molecular weight is 451 g/mol. The molecule has 1 aromatic carbocycles. The molecule has 4 amide bonds. The first-order valence-corrected chi connectivity index (χ1v) is 11.1. The number of fused-ring (bicyclic) bond motifs is 1. The molecule has 2 atom stereocenters. The summed E-state index contributed by atoms with van der Waals surface area (Å²) < 4.78 is 1.87. The van der Waals surface area contributed by atoms with Crippen LogP contribution in [0, 0.1) is 0 Å². The molecule has 3 aliphatic rings. The highest BCUT2D eigenvalue weighted by atomic mass is 16.2. The van der Waals surface area contributed by atoms with E-state index in [-0.39, 0.29) is 24.8 Å². The lowest BCUT2D eigenvalue weighted by molar-refractivity contribution is -0.136. The molecule has 5 rings (SSSR count). The molecule has 0 radical (unpaired) electrons. The Morgan fingerprint density at radius 3 is 2.67 bits per heavy atom. The predicted molar refractivity (Wildman–Crippen MR) is 115 cm³/mol. The predicted octanol–water partition coefficient (Wildman–Crippen LogP) is -0.0249. The Morgan fingerprint density at radius 2 is 1.91 bits per heavy atom. The number of benzene rings is 1. The van der Waals surface area contributed by atoms with Crippen LogP contribution in [-0.4, -0.2) is 67.6 Å². The van der Waals surface area contributed by atoms with E-state index in [0.29, 0.717) is 24.2 Å². The molecule has 1 aromatic heterocycles. The quantitative estimate of drug-likeness (QED) is 0.604. The maximum atomic E-state index is 13.0. The second-order valence-electron chi connectivity index (χ2n) is 8.75. The fourth-order valence-electron chi connectivity index (χ4n) is 4.85. The minimum atomic E-state index is -0.956. The van der Waals surface area contributed by atoms with E-state index in [0.717, 1.165) is 42.1 Å². The van der Waals surface area contributed by atoms with Crippen molar-refractivity contribution in [3.05, 3.63) is 46.8 Å². The van der Waals surface area contributed by atoms with Gasteiger partial charge in [0, 0.05) is 26.1 Å². The highest BCUT2D eigenvalue weighted by molar-refractivity contribution is 6.23. The van der Waals surface area contributed by atoms with Crippen LogP contribution in [0.3, 0.4) is 0 Å². The summed E-state index contributed by atoms with van der Waals surface area (Å²) in [6.07, 6.45) is 4.14. The Morgan fingerprint density at radius 1 is 1.09 bits per heavy atom. The van der Waals surface area contributed by atoms with Crippen molar-refractivity contribution in [1.82, 2.24) is 30.1 Å². The van der Waals surface area contributed by atoms with Crippen molar-refractivity contribution in [3.63, 3.8) is 0 Å². The SMILES string of the molecule is NCc1cn(C2CCCN(Cc3ccc4c(c3)C(=O)N(C3CCC(=O)NC3=O)C4=O)C2)nn1. The van der Waals surface area contributed by atoms with Crippen molar-refractivity contribution < 1.29 is 19.2 Å². The van der Waals surface area contributed by atoms with Gasteiger partial charge in [0.25, 0.3) is 11.8 Å². The van der Waals surface area contributed by atoms with Gasteiger partial charge in [-0.25, -0.2) is 4.68 Å². The first-order valence-electron chi connectivity index (χ1n) is 11.1. The van der Waals surface area contributed by atoms with E-state index in [1.807, 2.05) is 16.9 Å². The monoisotopic (exact) mass is 451 g/mol. The highest BCUT2D eigenvalue weighted by Crippen LogP contribution is 2.29. The summed E-state index contributed by atoms with van der Waals surface area (Å²) in [5.74, 6) is -1.97. The summed E-state index contributed by atoms with van der Waals surface area (Å²) in [5.41, 5.74) is 7.92. The van der Waals surface area contributed by atoms with Crippen LogP contribution >= 0.6 is 0 Å². The Labute approximate surface area is 189 Å². The van der Waals surface area contributed by atoms with Crippen LogP contribution in [0.4, 0.5) is 0 Å². The normalized spacial score (nSPS) is 23.7. The Bertz CT molecular complexity index is 1140. The lowest BCUT2D eigenvalue weighted by atomic mass is 10.0. The first kappa shape index (κ1) is 21.4. The average Bonchev–Trinajstić information content (AvgIpc) is 3.38. The smallest absolute Gasteiger partial charge is 0.262 e. The number of hydrogen-bond donors (Lipinski definition) is 2. The van der Waals surface area contributed by atoms with Crippen molar-refractivity contribution >= 4 is 23.6 Å². The lowest BCUT2D eigenvalue weighted by Crippen LogP contribution is -2.54. The standard InChI is InChI=1S/C22H25N7O4/c23-9-14-11-28(26-25-14)15-2-1-7-27(12-15)10-13-3-4-16-17(8-13)22(33)29(21(16)32)18-5-6-19(30)24-20(18)31/h3-4,8,11,15,18H,1-2,5-7,9-10,12,23H2,(H,24,30,31). The third-order valence-corrected chi connectivity index (χ3v) is 6.53. The number of likely N-dealkylation sites (tertiary alicyclic amines) is 1. The lowest BCUT2D eigenvalue weighted by Gasteiger charge is -2.32. The Kier molecular flexibility index (Phi) is 5.51. The number of hydrogen-bond acceptors (Lipinski definition) is 8. The second-order valence-corrected chi connectivity index (χ2v) is 8.75. The molecule has 11 heteroatoms. The van der Waals surface area contributed by atoms with Crippen LogP contribution in [-0.2, 0) is 22.7 Å². The zero-order valence-corrected chi connectivity index (χ0v) is 18.1. The summed E-state index contributed by atoms with van der Waals surface area (Å²) in [6, 6.07) is 4.49. The molecule has 2 unspecified atom stereocenters. The minimum absolute atomic E-state index is 0.101. The van der Waals surface area contributed by atoms with Crippen molar-refractivity contribution in [1.29, 1.82) is 0 Å². The summed E-state index contributed by atoms with van der Waals surface area (Å²) in [7, 11) is 0. The Hall–Kier alpha value is -3.44. The van der Waals surface area contributed by atoms with Crippen LogP contribution < -0.4 is 11.1 Å². The number of imide groups is 2. The Balaban J connectivity index is 1.30. The molecule has 2 saturated heterocycles. The number of nitrogens with one attached hydrogen (secondary N) is 1. The fraction of sp³-hybridized carbons (Fsp3) is 0.455. The van der Waals surface area contributed by atoms with Crippen LogP contribution in [0.2, 0.25) is 0 Å². The number of nitrogens with zero attached hydrogens (tertiary/aromatic N) is 5. The fourth-order valence-corrected chi connectivity index (χ4v) is 4.85. The van der Waals surface area contributed by atoms with Crippen LogP contribution in [0.1, 0.15) is 63.7 Å². The number of piperidine rings is 2. The summed E-state index contributed by atoms with van der Waals surface area (Å²) in [5, 5.41) is 10.5. The minimum Gasteiger partial charge on any atom is -0.325 e. The number of carbonyl (C=O) groups excluding carboxylic acids is 4. The third-order valence-electron chi connectivity index (χ3n) is 6.53. The first-order chi connectivity index (χ1) is 15.9. The maximum Gasteiger partial charge on any atom is 0.262 e. The molecule has 3 aliphatic heterocycles. The molecule has 172 valence electrons. The molecular formula is C22H25N7O4. The molecule has 0 bridgehead atoms. The second kappa shape index (κ2) is 8.49. The van der Waals surface area contributed by atoms with Crippen LogP contribution in [0.25, 0.3) is 0 Å². The van der Waals surface area contributed by atoms with E-state index in [9.17, 15) is 19.2 Å². The van der Waals surface area contributed by atoms with E-state index in [1.165, 1.54) is 0 Å². The van der Waals surface area contributed by atoms with E-state index >= 15 is 0 Å². The molecule has 33 heavy (non-hydrogen) atoms. The number of carbonyl (C=O) groups is 4. The topological polar surface area (TPSA) is 144 Å². The van der Waals surface area contributed by atoms with Crippen molar-refractivity contribution in [2.75, 3.05) is 13.1 Å². The summed E-state index contributed by atoms with van der Waals surface area (Å²) in [6.45, 7) is 2.69. The number of nitrogens with two attached hydrogens (primary N) is 1. The maximum absolute atomic E-state index is 13.0. The van der Waals surface area contributed by atoms with Crippen LogP contribution in [0.15, 0.2) is 24.4 Å². The van der Waals surface area contributed by atoms with Gasteiger partial charge in [0.15, 0.2) is 0 Å². The molecule has 0 aliphatic carbocycles. The molecule has 4 heterocycles. The summed E-state index contributed by atoms with van der Waals surface area (Å²) in [4.78, 5) is 52.9. The van der Waals surface area contributed by atoms with Crippen molar-refractivity contribution in [3.8, 4) is 0 Å². The summed E-state index contributed by atoms with van der Waals surface area (Å²) >= 11 is 0. The van der Waals surface area contributed by atoms with Gasteiger partial charge < -0.3 is 5.73 Å². The van der Waals surface area contributed by atoms with Crippen molar-refractivity contribution in [2.24, 2.45) is 5.73 Å². The van der Waals surface area contributed by atoms with E-state index < -0.39 is 23.8 Å². The number of rotatable bonds is 5.